The summed E-state index contributed by atoms with van der Waals surface area (Å²) in [5.41, 5.74) is 2.60. The summed E-state index contributed by atoms with van der Waals surface area (Å²) in [6.07, 6.45) is 2.53. The number of piperidine rings is 1. The van der Waals surface area contributed by atoms with Gasteiger partial charge in [-0.15, -0.1) is 0 Å². The van der Waals surface area contributed by atoms with Gasteiger partial charge in [0.1, 0.15) is 5.75 Å². The van der Waals surface area contributed by atoms with E-state index in [1.807, 2.05) is 6.07 Å². The van der Waals surface area contributed by atoms with Crippen LogP contribution in [0.4, 0.5) is 11.4 Å². The lowest BCUT2D eigenvalue weighted by Gasteiger charge is -2.44. The van der Waals surface area contributed by atoms with E-state index in [1.54, 1.807) is 7.11 Å². The molecule has 2 aliphatic rings. The number of piperazine rings is 1. The highest BCUT2D eigenvalue weighted by Crippen LogP contribution is 2.29. The third-order valence-corrected chi connectivity index (χ3v) is 5.84. The number of para-hydroxylation sites is 3. The number of hydrogen-bond donors (Lipinski definition) is 0. The third-order valence-electron chi connectivity index (χ3n) is 5.84. The molecule has 4 heteroatoms. The van der Waals surface area contributed by atoms with Gasteiger partial charge in [-0.05, 0) is 37.1 Å². The van der Waals surface area contributed by atoms with Gasteiger partial charge in [0, 0.05) is 51.0 Å². The Morgan fingerprint density at radius 3 is 2.08 bits per heavy atom. The molecule has 2 heterocycles. The minimum absolute atomic E-state index is 0.731. The molecular weight excluding hydrogens is 322 g/mol. The molecule has 0 aromatic heterocycles. The minimum Gasteiger partial charge on any atom is -0.495 e. The van der Waals surface area contributed by atoms with Crippen molar-refractivity contribution in [3.8, 4) is 5.75 Å². The number of nitrogens with zero attached hydrogens (tertiary/aromatic N) is 3. The molecule has 26 heavy (non-hydrogen) atoms. The largest absolute Gasteiger partial charge is 0.495 e. The van der Waals surface area contributed by atoms with Gasteiger partial charge in [0.15, 0.2) is 0 Å². The average molecular weight is 351 g/mol. The topological polar surface area (TPSA) is 19.0 Å². The summed E-state index contributed by atoms with van der Waals surface area (Å²) >= 11 is 0. The maximum absolute atomic E-state index is 5.53. The standard InChI is InChI=1S/C22H29N3O/c1-26-22-10-6-5-9-21(22)25-17-15-24(16-18-25)20-11-13-23(14-12-20)19-7-3-2-4-8-19/h2-10,20H,11-18H2,1H3. The van der Waals surface area contributed by atoms with Crippen molar-refractivity contribution in [1.82, 2.24) is 4.90 Å². The molecule has 4 nitrogen and oxygen atoms in total. The van der Waals surface area contributed by atoms with E-state index in [-0.39, 0.29) is 0 Å². The van der Waals surface area contributed by atoms with Crippen LogP contribution in [0.25, 0.3) is 0 Å². The van der Waals surface area contributed by atoms with E-state index < -0.39 is 0 Å². The highest BCUT2D eigenvalue weighted by molar-refractivity contribution is 5.58. The quantitative estimate of drug-likeness (QED) is 0.839. The summed E-state index contributed by atoms with van der Waals surface area (Å²) in [5, 5.41) is 0. The maximum Gasteiger partial charge on any atom is 0.142 e. The van der Waals surface area contributed by atoms with E-state index in [2.05, 4.69) is 63.2 Å². The second-order valence-electron chi connectivity index (χ2n) is 7.25. The van der Waals surface area contributed by atoms with E-state index in [0.29, 0.717) is 0 Å². The molecule has 0 bridgehead atoms. The van der Waals surface area contributed by atoms with Crippen molar-refractivity contribution in [2.24, 2.45) is 0 Å². The molecule has 0 N–H and O–H groups in total. The lowest BCUT2D eigenvalue weighted by Crippen LogP contribution is -2.53. The zero-order valence-corrected chi connectivity index (χ0v) is 15.7. The van der Waals surface area contributed by atoms with Gasteiger partial charge in [-0.1, -0.05) is 30.3 Å². The first-order chi connectivity index (χ1) is 12.8. The van der Waals surface area contributed by atoms with Crippen LogP contribution in [0.1, 0.15) is 12.8 Å². The second-order valence-corrected chi connectivity index (χ2v) is 7.25. The predicted molar refractivity (Wildman–Crippen MR) is 108 cm³/mol. The van der Waals surface area contributed by atoms with Crippen LogP contribution in [0.3, 0.4) is 0 Å². The lowest BCUT2D eigenvalue weighted by molar-refractivity contribution is 0.159. The first kappa shape index (κ1) is 17.2. The van der Waals surface area contributed by atoms with E-state index in [0.717, 1.165) is 38.0 Å². The van der Waals surface area contributed by atoms with Crippen LogP contribution in [0.15, 0.2) is 54.6 Å². The zero-order valence-electron chi connectivity index (χ0n) is 15.7. The van der Waals surface area contributed by atoms with E-state index >= 15 is 0 Å². The molecule has 0 unspecified atom stereocenters. The van der Waals surface area contributed by atoms with Gasteiger partial charge in [-0.3, -0.25) is 4.90 Å². The van der Waals surface area contributed by atoms with Crippen LogP contribution >= 0.6 is 0 Å². The number of benzene rings is 2. The molecule has 0 saturated carbocycles. The monoisotopic (exact) mass is 351 g/mol. The van der Waals surface area contributed by atoms with Crippen molar-refractivity contribution in [2.45, 2.75) is 18.9 Å². The molecule has 2 saturated heterocycles. The Bertz CT molecular complexity index is 690. The molecule has 138 valence electrons. The second kappa shape index (κ2) is 8.00. The Labute approximate surface area is 157 Å². The van der Waals surface area contributed by atoms with Gasteiger partial charge < -0.3 is 14.5 Å². The van der Waals surface area contributed by atoms with Gasteiger partial charge in [0.25, 0.3) is 0 Å². The van der Waals surface area contributed by atoms with Crippen LogP contribution in [0.2, 0.25) is 0 Å². The fourth-order valence-corrected chi connectivity index (χ4v) is 4.35. The molecule has 2 fully saturated rings. The molecule has 0 atom stereocenters. The number of hydrogen-bond acceptors (Lipinski definition) is 4. The molecule has 2 aliphatic heterocycles. The Morgan fingerprint density at radius 1 is 0.731 bits per heavy atom. The van der Waals surface area contributed by atoms with Crippen LogP contribution in [-0.2, 0) is 0 Å². The van der Waals surface area contributed by atoms with E-state index in [1.165, 1.54) is 37.3 Å². The Hall–Kier alpha value is -2.20. The Balaban J connectivity index is 1.30. The molecule has 0 amide bonds. The smallest absolute Gasteiger partial charge is 0.142 e. The average Bonchev–Trinajstić information content (AvgIpc) is 2.74. The number of methoxy groups -OCH3 is 1. The number of anilines is 2. The highest BCUT2D eigenvalue weighted by Gasteiger charge is 2.28. The molecule has 0 aliphatic carbocycles. The number of rotatable bonds is 4. The molecule has 2 aromatic carbocycles. The van der Waals surface area contributed by atoms with Crippen LogP contribution < -0.4 is 14.5 Å². The summed E-state index contributed by atoms with van der Waals surface area (Å²) in [5.74, 6) is 0.983. The summed E-state index contributed by atoms with van der Waals surface area (Å²) in [4.78, 5) is 7.70. The highest BCUT2D eigenvalue weighted by atomic mass is 16.5. The Kier molecular flexibility index (Phi) is 5.30. The maximum atomic E-state index is 5.53. The van der Waals surface area contributed by atoms with Gasteiger partial charge in [0.05, 0.1) is 12.8 Å². The summed E-state index contributed by atoms with van der Waals surface area (Å²) in [6, 6.07) is 19.9. The van der Waals surface area contributed by atoms with Crippen molar-refractivity contribution in [3.63, 3.8) is 0 Å². The first-order valence-electron chi connectivity index (χ1n) is 9.77. The first-order valence-corrected chi connectivity index (χ1v) is 9.77. The lowest BCUT2D eigenvalue weighted by atomic mass is 10.0. The van der Waals surface area contributed by atoms with Crippen molar-refractivity contribution in [2.75, 3.05) is 56.2 Å². The molecule has 0 spiro atoms. The van der Waals surface area contributed by atoms with Crippen molar-refractivity contribution < 1.29 is 4.74 Å². The van der Waals surface area contributed by atoms with Crippen molar-refractivity contribution in [1.29, 1.82) is 0 Å². The van der Waals surface area contributed by atoms with Gasteiger partial charge in [-0.25, -0.2) is 0 Å². The van der Waals surface area contributed by atoms with Gasteiger partial charge in [-0.2, -0.15) is 0 Å². The van der Waals surface area contributed by atoms with Crippen LogP contribution in [0.5, 0.6) is 5.75 Å². The van der Waals surface area contributed by atoms with Gasteiger partial charge in [0.2, 0.25) is 0 Å². The molecule has 0 radical (unpaired) electrons. The van der Waals surface area contributed by atoms with Crippen molar-refractivity contribution >= 4 is 11.4 Å². The summed E-state index contributed by atoms with van der Waals surface area (Å²) < 4.78 is 5.53. The normalized spacial score (nSPS) is 19.6. The van der Waals surface area contributed by atoms with Crippen LogP contribution in [-0.4, -0.2) is 57.3 Å². The van der Waals surface area contributed by atoms with Gasteiger partial charge >= 0.3 is 0 Å². The predicted octanol–water partition coefficient (Wildman–Crippen LogP) is 3.49. The fraction of sp³-hybridized carbons (Fsp3) is 0.455. The van der Waals surface area contributed by atoms with E-state index in [4.69, 9.17) is 4.74 Å². The molecular formula is C22H29N3O. The number of ether oxygens (including phenoxy) is 1. The fourth-order valence-electron chi connectivity index (χ4n) is 4.35. The summed E-state index contributed by atoms with van der Waals surface area (Å²) in [7, 11) is 1.76. The SMILES string of the molecule is COc1ccccc1N1CCN(C2CCN(c3ccccc3)CC2)CC1. The molecule has 4 rings (SSSR count). The Morgan fingerprint density at radius 2 is 1.38 bits per heavy atom. The van der Waals surface area contributed by atoms with Crippen LogP contribution in [0, 0.1) is 0 Å². The minimum atomic E-state index is 0.731. The molecule has 2 aromatic rings. The van der Waals surface area contributed by atoms with E-state index in [9.17, 15) is 0 Å². The van der Waals surface area contributed by atoms with Crippen molar-refractivity contribution in [3.05, 3.63) is 54.6 Å². The summed E-state index contributed by atoms with van der Waals surface area (Å²) in [6.45, 7) is 6.80. The third kappa shape index (κ3) is 3.65. The zero-order chi connectivity index (χ0) is 17.8.